The lowest BCUT2D eigenvalue weighted by Gasteiger charge is -2.22. The van der Waals surface area contributed by atoms with Crippen LogP contribution in [0.15, 0.2) is 29.2 Å². The molecule has 1 aliphatic rings. The molecule has 0 saturated carbocycles. The molecule has 20 heavy (non-hydrogen) atoms. The summed E-state index contributed by atoms with van der Waals surface area (Å²) in [5.41, 5.74) is -0.389. The Morgan fingerprint density at radius 1 is 1.40 bits per heavy atom. The van der Waals surface area contributed by atoms with Gasteiger partial charge in [0.15, 0.2) is 4.90 Å². The third-order valence-electron chi connectivity index (χ3n) is 3.27. The molecule has 0 spiro atoms. The summed E-state index contributed by atoms with van der Waals surface area (Å²) in [5, 5.41) is 14.0. The lowest BCUT2D eigenvalue weighted by atomic mass is 10.3. The van der Waals surface area contributed by atoms with Gasteiger partial charge in [-0.3, -0.25) is 10.1 Å². The summed E-state index contributed by atoms with van der Waals surface area (Å²) >= 11 is 0. The summed E-state index contributed by atoms with van der Waals surface area (Å²) in [6.07, 6.45) is 0.705. The van der Waals surface area contributed by atoms with E-state index in [9.17, 15) is 18.5 Å². The average Bonchev–Trinajstić information content (AvgIpc) is 2.91. The van der Waals surface area contributed by atoms with Gasteiger partial charge in [-0.15, -0.1) is 0 Å². The van der Waals surface area contributed by atoms with Crippen LogP contribution in [0, 0.1) is 10.1 Å². The Bertz CT molecular complexity index is 582. The van der Waals surface area contributed by atoms with Crippen LogP contribution in [0.4, 0.5) is 5.69 Å². The Kier molecular flexibility index (Phi) is 5.21. The first-order chi connectivity index (χ1) is 8.94. The Balaban J connectivity index is 0.00000200. The minimum Gasteiger partial charge on any atom is -0.315 e. The smallest absolute Gasteiger partial charge is 0.289 e. The molecule has 1 heterocycles. The molecule has 1 N–H and O–H groups in total. The summed E-state index contributed by atoms with van der Waals surface area (Å²) < 4.78 is 26.1. The highest BCUT2D eigenvalue weighted by molar-refractivity contribution is 7.89. The molecule has 112 valence electrons. The van der Waals surface area contributed by atoms with Gasteiger partial charge in [0.1, 0.15) is 0 Å². The second kappa shape index (κ2) is 6.29. The fourth-order valence-electron chi connectivity index (χ4n) is 2.13. The highest BCUT2D eigenvalue weighted by Gasteiger charge is 2.34. The molecule has 1 aromatic carbocycles. The molecule has 0 aliphatic carbocycles. The van der Waals surface area contributed by atoms with E-state index >= 15 is 0 Å². The maximum atomic E-state index is 12.4. The largest absolute Gasteiger partial charge is 0.315 e. The van der Waals surface area contributed by atoms with Crippen LogP contribution in [-0.2, 0) is 10.0 Å². The maximum absolute atomic E-state index is 12.4. The first-order valence-electron chi connectivity index (χ1n) is 5.87. The van der Waals surface area contributed by atoms with Gasteiger partial charge in [0, 0.05) is 25.7 Å². The SMILES string of the molecule is C.CN([C@H]1CCNC1)S(=O)(=O)c1ccccc1[N+](=O)[O-]. The molecule has 1 aliphatic heterocycles. The highest BCUT2D eigenvalue weighted by Crippen LogP contribution is 2.27. The fraction of sp³-hybridized carbons (Fsp3) is 0.500. The molecular weight excluding hydrogens is 282 g/mol. The lowest BCUT2D eigenvalue weighted by molar-refractivity contribution is -0.387. The van der Waals surface area contributed by atoms with Crippen molar-refractivity contribution in [1.29, 1.82) is 0 Å². The van der Waals surface area contributed by atoms with Crippen LogP contribution in [0.2, 0.25) is 0 Å². The van der Waals surface area contributed by atoms with Gasteiger partial charge in [-0.05, 0) is 19.0 Å². The Labute approximate surface area is 118 Å². The number of hydrogen-bond donors (Lipinski definition) is 1. The van der Waals surface area contributed by atoms with Crippen LogP contribution >= 0.6 is 0 Å². The predicted molar refractivity (Wildman–Crippen MR) is 76.1 cm³/mol. The zero-order chi connectivity index (χ0) is 14.0. The molecule has 0 unspecified atom stereocenters. The lowest BCUT2D eigenvalue weighted by Crippen LogP contribution is -2.38. The molecule has 7 nitrogen and oxygen atoms in total. The summed E-state index contributed by atoms with van der Waals surface area (Å²) in [7, 11) is -2.38. The number of likely N-dealkylation sites (N-methyl/N-ethyl adjacent to an activating group) is 1. The van der Waals surface area contributed by atoms with E-state index in [-0.39, 0.29) is 24.1 Å². The predicted octanol–water partition coefficient (Wildman–Crippen LogP) is 1.21. The molecule has 0 aromatic heterocycles. The van der Waals surface area contributed by atoms with Crippen molar-refractivity contribution in [3.05, 3.63) is 34.4 Å². The minimum absolute atomic E-state index is 0. The zero-order valence-electron chi connectivity index (χ0n) is 10.4. The second-order valence-electron chi connectivity index (χ2n) is 4.39. The van der Waals surface area contributed by atoms with E-state index < -0.39 is 14.9 Å². The normalized spacial score (nSPS) is 18.8. The fourth-order valence-corrected chi connectivity index (χ4v) is 3.67. The molecule has 1 atom stereocenters. The number of nitrogens with one attached hydrogen (secondary N) is 1. The van der Waals surface area contributed by atoms with E-state index in [4.69, 9.17) is 0 Å². The molecule has 2 rings (SSSR count). The van der Waals surface area contributed by atoms with Gasteiger partial charge in [-0.25, -0.2) is 8.42 Å². The number of sulfonamides is 1. The van der Waals surface area contributed by atoms with Gasteiger partial charge in [0.2, 0.25) is 10.0 Å². The molecule has 0 radical (unpaired) electrons. The van der Waals surface area contributed by atoms with Crippen LogP contribution in [0.25, 0.3) is 0 Å². The molecule has 1 saturated heterocycles. The maximum Gasteiger partial charge on any atom is 0.289 e. The zero-order valence-corrected chi connectivity index (χ0v) is 11.3. The first kappa shape index (κ1) is 16.5. The summed E-state index contributed by atoms with van der Waals surface area (Å²) in [6, 6.07) is 5.25. The van der Waals surface area contributed by atoms with Gasteiger partial charge in [-0.2, -0.15) is 4.31 Å². The summed E-state index contributed by atoms with van der Waals surface area (Å²) in [6.45, 7) is 1.32. The molecule has 8 heteroatoms. The number of nitro groups is 1. The van der Waals surface area contributed by atoms with Gasteiger partial charge >= 0.3 is 0 Å². The second-order valence-corrected chi connectivity index (χ2v) is 6.36. The van der Waals surface area contributed by atoms with Crippen molar-refractivity contribution in [1.82, 2.24) is 9.62 Å². The van der Waals surface area contributed by atoms with E-state index in [1.807, 2.05) is 0 Å². The number of nitro benzene ring substituents is 1. The van der Waals surface area contributed by atoms with E-state index in [0.29, 0.717) is 13.0 Å². The van der Waals surface area contributed by atoms with Crippen molar-refractivity contribution in [3.8, 4) is 0 Å². The molecule has 1 aromatic rings. The van der Waals surface area contributed by atoms with Crippen LogP contribution in [0.1, 0.15) is 13.8 Å². The number of para-hydroxylation sites is 1. The van der Waals surface area contributed by atoms with Crippen LogP contribution in [0.5, 0.6) is 0 Å². The Morgan fingerprint density at radius 2 is 2.05 bits per heavy atom. The monoisotopic (exact) mass is 301 g/mol. The van der Waals surface area contributed by atoms with E-state index in [1.165, 1.54) is 35.6 Å². The number of benzene rings is 1. The van der Waals surface area contributed by atoms with Gasteiger partial charge < -0.3 is 5.32 Å². The summed E-state index contributed by atoms with van der Waals surface area (Å²) in [5.74, 6) is 0. The molecular formula is C12H19N3O4S. The van der Waals surface area contributed by atoms with E-state index in [2.05, 4.69) is 5.32 Å². The van der Waals surface area contributed by atoms with Crippen LogP contribution in [-0.4, -0.2) is 43.8 Å². The molecule has 1 fully saturated rings. The Hall–Kier alpha value is -1.51. The molecule has 0 amide bonds. The van der Waals surface area contributed by atoms with Crippen molar-refractivity contribution in [2.45, 2.75) is 24.8 Å². The van der Waals surface area contributed by atoms with Gasteiger partial charge in [-0.1, -0.05) is 19.6 Å². The van der Waals surface area contributed by atoms with Crippen molar-refractivity contribution >= 4 is 15.7 Å². The van der Waals surface area contributed by atoms with Crippen LogP contribution in [0.3, 0.4) is 0 Å². The topological polar surface area (TPSA) is 92.6 Å². The Morgan fingerprint density at radius 3 is 2.60 bits per heavy atom. The standard InChI is InChI=1S/C11H15N3O4S.CH4/c1-13(9-6-7-12-8-9)19(17,18)11-5-3-2-4-10(11)14(15)16;/h2-5,9,12H,6-8H2,1H3;1H4/t9-;/m0./s1. The quantitative estimate of drug-likeness (QED) is 0.666. The molecule has 0 bridgehead atoms. The highest BCUT2D eigenvalue weighted by atomic mass is 32.2. The van der Waals surface area contributed by atoms with E-state index in [0.717, 1.165) is 6.54 Å². The minimum atomic E-state index is -3.85. The van der Waals surface area contributed by atoms with Crippen LogP contribution < -0.4 is 5.32 Å². The van der Waals surface area contributed by atoms with E-state index in [1.54, 1.807) is 0 Å². The van der Waals surface area contributed by atoms with Gasteiger partial charge in [0.05, 0.1) is 4.92 Å². The van der Waals surface area contributed by atoms with Crippen molar-refractivity contribution in [3.63, 3.8) is 0 Å². The van der Waals surface area contributed by atoms with Crippen molar-refractivity contribution < 1.29 is 13.3 Å². The van der Waals surface area contributed by atoms with Gasteiger partial charge in [0.25, 0.3) is 5.69 Å². The third kappa shape index (κ3) is 2.97. The number of nitrogens with zero attached hydrogens (tertiary/aromatic N) is 2. The first-order valence-corrected chi connectivity index (χ1v) is 7.31. The third-order valence-corrected chi connectivity index (χ3v) is 5.22. The number of hydrogen-bond acceptors (Lipinski definition) is 5. The summed E-state index contributed by atoms with van der Waals surface area (Å²) in [4.78, 5) is 9.99. The van der Waals surface area contributed by atoms with Crippen molar-refractivity contribution in [2.75, 3.05) is 20.1 Å². The number of rotatable bonds is 4. The average molecular weight is 301 g/mol. The van der Waals surface area contributed by atoms with Crippen molar-refractivity contribution in [2.24, 2.45) is 0 Å².